The second kappa shape index (κ2) is 5.88. The summed E-state index contributed by atoms with van der Waals surface area (Å²) in [5.41, 5.74) is 2.36. The van der Waals surface area contributed by atoms with Crippen molar-refractivity contribution in [1.82, 2.24) is 0 Å². The van der Waals surface area contributed by atoms with Crippen molar-refractivity contribution in [2.75, 3.05) is 0 Å². The van der Waals surface area contributed by atoms with Crippen LogP contribution in [0, 0.1) is 17.0 Å². The summed E-state index contributed by atoms with van der Waals surface area (Å²) in [6.45, 7) is 1.66. The molecule has 1 aliphatic rings. The molecule has 23 heavy (non-hydrogen) atoms. The summed E-state index contributed by atoms with van der Waals surface area (Å²) in [6.07, 6.45) is 3.32. The number of hydrogen-bond acceptors (Lipinski definition) is 4. The van der Waals surface area contributed by atoms with Crippen molar-refractivity contribution < 1.29 is 14.5 Å². The number of ether oxygens (including phenoxy) is 1. The molecule has 0 unspecified atom stereocenters. The van der Waals surface area contributed by atoms with Gasteiger partial charge in [-0.1, -0.05) is 42.5 Å². The number of cyclic esters (lactones) is 1. The van der Waals surface area contributed by atoms with Crippen LogP contribution in [-0.2, 0) is 9.53 Å². The lowest BCUT2D eigenvalue weighted by Crippen LogP contribution is -1.98. The van der Waals surface area contributed by atoms with Gasteiger partial charge in [-0.05, 0) is 24.6 Å². The highest BCUT2D eigenvalue weighted by molar-refractivity contribution is 6.05. The lowest BCUT2D eigenvalue weighted by Gasteiger charge is -2.03. The van der Waals surface area contributed by atoms with Crippen LogP contribution in [0.2, 0.25) is 0 Å². The SMILES string of the molecule is Cc1ccc(C2=CC(=Cc3ccccc3)C(=O)O2)cc1[N+](=O)[O-]. The molecule has 0 atom stereocenters. The van der Waals surface area contributed by atoms with Crippen molar-refractivity contribution in [3.05, 3.63) is 87.0 Å². The van der Waals surface area contributed by atoms with Gasteiger partial charge in [-0.2, -0.15) is 0 Å². The van der Waals surface area contributed by atoms with E-state index < -0.39 is 10.9 Å². The van der Waals surface area contributed by atoms with Crippen molar-refractivity contribution in [2.45, 2.75) is 6.92 Å². The van der Waals surface area contributed by atoms with Gasteiger partial charge in [0, 0.05) is 17.2 Å². The monoisotopic (exact) mass is 307 g/mol. The summed E-state index contributed by atoms with van der Waals surface area (Å²) in [6, 6.07) is 14.2. The molecule has 0 fully saturated rings. The van der Waals surface area contributed by atoms with E-state index in [1.165, 1.54) is 6.07 Å². The third-order valence-corrected chi connectivity index (χ3v) is 3.54. The van der Waals surface area contributed by atoms with Crippen LogP contribution in [0.3, 0.4) is 0 Å². The predicted octanol–water partition coefficient (Wildman–Crippen LogP) is 3.88. The Kier molecular flexibility index (Phi) is 3.76. The Morgan fingerprint density at radius 3 is 2.57 bits per heavy atom. The van der Waals surface area contributed by atoms with E-state index in [0.717, 1.165) is 5.56 Å². The van der Waals surface area contributed by atoms with Gasteiger partial charge in [-0.15, -0.1) is 0 Å². The predicted molar refractivity (Wildman–Crippen MR) is 86.3 cm³/mol. The Labute approximate surface area is 132 Å². The molecule has 2 aromatic rings. The van der Waals surface area contributed by atoms with E-state index in [2.05, 4.69) is 0 Å². The fourth-order valence-corrected chi connectivity index (χ4v) is 2.32. The summed E-state index contributed by atoms with van der Waals surface area (Å²) in [4.78, 5) is 22.5. The molecule has 5 nitrogen and oxygen atoms in total. The number of nitro benzene ring substituents is 1. The Morgan fingerprint density at radius 2 is 1.87 bits per heavy atom. The Balaban J connectivity index is 1.97. The molecule has 0 saturated carbocycles. The van der Waals surface area contributed by atoms with Crippen LogP contribution >= 0.6 is 0 Å². The van der Waals surface area contributed by atoms with E-state index in [4.69, 9.17) is 4.74 Å². The Bertz CT molecular complexity index is 851. The molecule has 5 heteroatoms. The molecule has 114 valence electrons. The first-order valence-corrected chi connectivity index (χ1v) is 7.00. The quantitative estimate of drug-likeness (QED) is 0.373. The van der Waals surface area contributed by atoms with Gasteiger partial charge in [0.2, 0.25) is 0 Å². The molecule has 0 bridgehead atoms. The fraction of sp³-hybridized carbons (Fsp3) is 0.0556. The van der Waals surface area contributed by atoms with Crippen molar-refractivity contribution in [2.24, 2.45) is 0 Å². The van der Waals surface area contributed by atoms with Crippen molar-refractivity contribution in [1.29, 1.82) is 0 Å². The van der Waals surface area contributed by atoms with Gasteiger partial charge in [0.1, 0.15) is 5.76 Å². The average Bonchev–Trinajstić information content (AvgIpc) is 2.89. The number of nitro groups is 1. The molecule has 0 aromatic heterocycles. The molecule has 0 amide bonds. The third-order valence-electron chi connectivity index (χ3n) is 3.54. The van der Waals surface area contributed by atoms with Gasteiger partial charge < -0.3 is 4.74 Å². The molecule has 0 spiro atoms. The maximum atomic E-state index is 12.0. The number of rotatable bonds is 3. The number of nitrogens with zero attached hydrogens (tertiary/aromatic N) is 1. The number of hydrogen-bond donors (Lipinski definition) is 0. The molecule has 0 N–H and O–H groups in total. The van der Waals surface area contributed by atoms with Crippen molar-refractivity contribution in [3.8, 4) is 0 Å². The van der Waals surface area contributed by atoms with Gasteiger partial charge in [0.25, 0.3) is 5.69 Å². The number of aryl methyl sites for hydroxylation is 1. The number of carbonyl (C=O) groups is 1. The van der Waals surface area contributed by atoms with Crippen LogP contribution in [0.1, 0.15) is 16.7 Å². The zero-order chi connectivity index (χ0) is 16.4. The van der Waals surface area contributed by atoms with E-state index in [1.807, 2.05) is 30.3 Å². The molecule has 1 heterocycles. The van der Waals surface area contributed by atoms with E-state index in [-0.39, 0.29) is 5.69 Å². The smallest absolute Gasteiger partial charge is 0.343 e. The maximum Gasteiger partial charge on any atom is 0.343 e. The maximum absolute atomic E-state index is 12.0. The minimum absolute atomic E-state index is 0.0000575. The first-order chi connectivity index (χ1) is 11.0. The molecule has 1 aliphatic heterocycles. The summed E-state index contributed by atoms with van der Waals surface area (Å²) in [5, 5.41) is 11.0. The van der Waals surface area contributed by atoms with E-state index >= 15 is 0 Å². The molecular weight excluding hydrogens is 294 g/mol. The zero-order valence-electron chi connectivity index (χ0n) is 12.4. The third kappa shape index (κ3) is 3.03. The van der Waals surface area contributed by atoms with Gasteiger partial charge in [0.05, 0.1) is 10.5 Å². The second-order valence-corrected chi connectivity index (χ2v) is 5.17. The van der Waals surface area contributed by atoms with Gasteiger partial charge >= 0.3 is 5.97 Å². The summed E-state index contributed by atoms with van der Waals surface area (Å²) < 4.78 is 5.24. The summed E-state index contributed by atoms with van der Waals surface area (Å²) >= 11 is 0. The minimum Gasteiger partial charge on any atom is -0.422 e. The molecule has 3 rings (SSSR count). The van der Waals surface area contributed by atoms with Crippen molar-refractivity contribution in [3.63, 3.8) is 0 Å². The standard InChI is InChI=1S/C18H13NO4/c1-12-7-8-14(10-16(12)19(21)22)17-11-15(18(20)23-17)9-13-5-3-2-4-6-13/h2-11H,1H3. The lowest BCUT2D eigenvalue weighted by atomic mass is 10.1. The van der Waals surface area contributed by atoms with E-state index in [0.29, 0.717) is 22.5 Å². The fourth-order valence-electron chi connectivity index (χ4n) is 2.32. The molecule has 0 radical (unpaired) electrons. The van der Waals surface area contributed by atoms with Crippen LogP contribution in [0.4, 0.5) is 5.69 Å². The molecule has 2 aromatic carbocycles. The van der Waals surface area contributed by atoms with E-state index in [1.54, 1.807) is 31.2 Å². The largest absolute Gasteiger partial charge is 0.422 e. The van der Waals surface area contributed by atoms with Gasteiger partial charge in [0.15, 0.2) is 0 Å². The van der Waals surface area contributed by atoms with Crippen LogP contribution in [0.25, 0.3) is 11.8 Å². The zero-order valence-corrected chi connectivity index (χ0v) is 12.4. The lowest BCUT2D eigenvalue weighted by molar-refractivity contribution is -0.385. The van der Waals surface area contributed by atoms with Crippen LogP contribution in [0.15, 0.2) is 60.2 Å². The van der Waals surface area contributed by atoms with Gasteiger partial charge in [-0.25, -0.2) is 4.79 Å². The normalized spacial score (nSPS) is 15.4. The first kappa shape index (κ1) is 14.7. The highest BCUT2D eigenvalue weighted by Crippen LogP contribution is 2.30. The van der Waals surface area contributed by atoms with Crippen LogP contribution < -0.4 is 0 Å². The second-order valence-electron chi connectivity index (χ2n) is 5.17. The van der Waals surface area contributed by atoms with Gasteiger partial charge in [-0.3, -0.25) is 10.1 Å². The minimum atomic E-state index is -0.466. The average molecular weight is 307 g/mol. The number of benzene rings is 2. The Morgan fingerprint density at radius 1 is 1.13 bits per heavy atom. The highest BCUT2D eigenvalue weighted by atomic mass is 16.6. The van der Waals surface area contributed by atoms with Crippen molar-refractivity contribution >= 4 is 23.5 Å². The van der Waals surface area contributed by atoms with E-state index in [9.17, 15) is 14.9 Å². The molecule has 0 saturated heterocycles. The van der Waals surface area contributed by atoms with Crippen LogP contribution in [0.5, 0.6) is 0 Å². The molecule has 0 aliphatic carbocycles. The first-order valence-electron chi connectivity index (χ1n) is 7.00. The topological polar surface area (TPSA) is 69.4 Å². The summed E-state index contributed by atoms with van der Waals surface area (Å²) in [5.74, 6) is -0.146. The number of carbonyl (C=O) groups excluding carboxylic acids is 1. The Hall–Kier alpha value is -3.21. The van der Waals surface area contributed by atoms with Crippen LogP contribution in [-0.4, -0.2) is 10.9 Å². The highest BCUT2D eigenvalue weighted by Gasteiger charge is 2.23. The number of esters is 1. The molecular formula is C18H13NO4. The summed E-state index contributed by atoms with van der Waals surface area (Å²) in [7, 11) is 0.